The third-order valence-electron chi connectivity index (χ3n) is 6.34. The Morgan fingerprint density at radius 1 is 0.818 bits per heavy atom. The van der Waals surface area contributed by atoms with Gasteiger partial charge in [-0.05, 0) is 48.1 Å². The van der Waals surface area contributed by atoms with Gasteiger partial charge in [0.2, 0.25) is 0 Å². The molecule has 0 saturated carbocycles. The molecule has 3 aromatic rings. The summed E-state index contributed by atoms with van der Waals surface area (Å²) >= 11 is 1.51. The molecule has 1 saturated heterocycles. The lowest BCUT2D eigenvalue weighted by Crippen LogP contribution is -2.47. The topological polar surface area (TPSA) is 43.9 Å². The molecule has 0 aliphatic carbocycles. The van der Waals surface area contributed by atoms with E-state index in [1.54, 1.807) is 0 Å². The van der Waals surface area contributed by atoms with Crippen LogP contribution in [0.2, 0.25) is 0 Å². The van der Waals surface area contributed by atoms with Crippen molar-refractivity contribution in [3.8, 4) is 0 Å². The van der Waals surface area contributed by atoms with Crippen LogP contribution in [0.5, 0.6) is 0 Å². The Bertz CT molecular complexity index is 1180. The zero-order chi connectivity index (χ0) is 22.8. The van der Waals surface area contributed by atoms with Gasteiger partial charge >= 0.3 is 0 Å². The van der Waals surface area contributed by atoms with E-state index in [9.17, 15) is 9.59 Å². The van der Waals surface area contributed by atoms with Crippen LogP contribution in [0.3, 0.4) is 0 Å². The second kappa shape index (κ2) is 9.24. The molecule has 0 spiro atoms. The number of hydrogen-bond donors (Lipinski definition) is 0. The maximum Gasteiger partial charge on any atom is 0.277 e. The maximum absolute atomic E-state index is 13.5. The molecule has 6 heteroatoms. The summed E-state index contributed by atoms with van der Waals surface area (Å²) in [5.74, 6) is -0.335. The van der Waals surface area contributed by atoms with E-state index in [0.717, 1.165) is 23.5 Å². The summed E-state index contributed by atoms with van der Waals surface area (Å²) in [5, 5.41) is 1.96. The smallest absolute Gasteiger partial charge is 0.277 e. The summed E-state index contributed by atoms with van der Waals surface area (Å²) in [6.45, 7) is 5.55. The molecule has 5 nitrogen and oxygen atoms in total. The molecule has 3 heterocycles. The van der Waals surface area contributed by atoms with E-state index in [1.165, 1.54) is 27.5 Å². The Labute approximate surface area is 198 Å². The quantitative estimate of drug-likeness (QED) is 0.521. The van der Waals surface area contributed by atoms with E-state index in [1.807, 2.05) is 47.8 Å². The molecule has 0 radical (unpaired) electrons. The minimum Gasteiger partial charge on any atom is -0.368 e. The van der Waals surface area contributed by atoms with Gasteiger partial charge in [0.25, 0.3) is 11.8 Å². The number of nitrogens with zero attached hydrogens (tertiary/aromatic N) is 3. The largest absolute Gasteiger partial charge is 0.368 e. The summed E-state index contributed by atoms with van der Waals surface area (Å²) in [6, 6.07) is 22.4. The number of piperazine rings is 1. The Balaban J connectivity index is 1.37. The SMILES string of the molecule is Cc1cccc(N2CCN(C3=C(c4cccs4)C(=O)N(CCc4ccccc4)C3=O)CC2)c1. The summed E-state index contributed by atoms with van der Waals surface area (Å²) < 4.78 is 0. The van der Waals surface area contributed by atoms with Crippen molar-refractivity contribution in [2.45, 2.75) is 13.3 Å². The second-order valence-electron chi connectivity index (χ2n) is 8.51. The summed E-state index contributed by atoms with van der Waals surface area (Å²) in [7, 11) is 0. The van der Waals surface area contributed by atoms with Crippen LogP contribution in [0.4, 0.5) is 5.69 Å². The normalized spacial score (nSPS) is 16.8. The third-order valence-corrected chi connectivity index (χ3v) is 7.23. The van der Waals surface area contributed by atoms with E-state index in [2.05, 4.69) is 41.0 Å². The number of aryl methyl sites for hydroxylation is 1. The fourth-order valence-corrected chi connectivity index (χ4v) is 5.36. The van der Waals surface area contributed by atoms with E-state index in [4.69, 9.17) is 0 Å². The predicted octanol–water partition coefficient (Wildman–Crippen LogP) is 4.20. The lowest BCUT2D eigenvalue weighted by atomic mass is 10.1. The minimum atomic E-state index is -0.172. The van der Waals surface area contributed by atoms with Gasteiger partial charge in [-0.1, -0.05) is 48.5 Å². The number of hydrogen-bond acceptors (Lipinski definition) is 5. The Kier molecular flexibility index (Phi) is 6.01. The zero-order valence-corrected chi connectivity index (χ0v) is 19.6. The van der Waals surface area contributed by atoms with Crippen molar-refractivity contribution in [3.05, 3.63) is 93.8 Å². The number of thiophene rings is 1. The highest BCUT2D eigenvalue weighted by Gasteiger charge is 2.42. The second-order valence-corrected chi connectivity index (χ2v) is 9.46. The minimum absolute atomic E-state index is 0.164. The average molecular weight is 458 g/mol. The number of rotatable bonds is 6. The van der Waals surface area contributed by atoms with Gasteiger partial charge in [0, 0.05) is 43.3 Å². The van der Waals surface area contributed by atoms with Crippen LogP contribution in [0, 0.1) is 6.92 Å². The number of benzene rings is 2. The summed E-state index contributed by atoms with van der Waals surface area (Å²) in [4.78, 5) is 33.7. The van der Waals surface area contributed by atoms with Crippen molar-refractivity contribution < 1.29 is 9.59 Å². The van der Waals surface area contributed by atoms with Gasteiger partial charge in [0.15, 0.2) is 0 Å². The molecule has 0 unspecified atom stereocenters. The monoisotopic (exact) mass is 457 g/mol. The highest BCUT2D eigenvalue weighted by atomic mass is 32.1. The van der Waals surface area contributed by atoms with Gasteiger partial charge < -0.3 is 9.80 Å². The number of carbonyl (C=O) groups is 2. The zero-order valence-electron chi connectivity index (χ0n) is 18.7. The number of carbonyl (C=O) groups excluding carboxylic acids is 2. The lowest BCUT2D eigenvalue weighted by Gasteiger charge is -2.37. The molecule has 0 atom stereocenters. The molecule has 1 aromatic heterocycles. The Hall–Kier alpha value is -3.38. The van der Waals surface area contributed by atoms with Crippen LogP contribution in [0.25, 0.3) is 5.57 Å². The van der Waals surface area contributed by atoms with Crippen LogP contribution >= 0.6 is 11.3 Å². The molecular weight excluding hydrogens is 430 g/mol. The number of imide groups is 1. The lowest BCUT2D eigenvalue weighted by molar-refractivity contribution is -0.137. The summed E-state index contributed by atoms with van der Waals surface area (Å²) in [5.41, 5.74) is 4.70. The third kappa shape index (κ3) is 4.31. The molecule has 2 aliphatic heterocycles. The van der Waals surface area contributed by atoms with Gasteiger partial charge in [0.05, 0.1) is 5.57 Å². The van der Waals surface area contributed by atoms with Gasteiger partial charge in [-0.15, -0.1) is 11.3 Å². The first-order valence-electron chi connectivity index (χ1n) is 11.4. The van der Waals surface area contributed by atoms with Gasteiger partial charge in [0.1, 0.15) is 5.70 Å². The molecule has 2 amide bonds. The van der Waals surface area contributed by atoms with E-state index in [-0.39, 0.29) is 11.8 Å². The van der Waals surface area contributed by atoms with Crippen molar-refractivity contribution in [1.29, 1.82) is 0 Å². The molecular formula is C27H27N3O2S. The van der Waals surface area contributed by atoms with Gasteiger partial charge in [-0.2, -0.15) is 0 Å². The van der Waals surface area contributed by atoms with E-state index >= 15 is 0 Å². The van der Waals surface area contributed by atoms with E-state index in [0.29, 0.717) is 37.3 Å². The summed E-state index contributed by atoms with van der Waals surface area (Å²) in [6.07, 6.45) is 0.657. The molecule has 0 N–H and O–H groups in total. The first-order chi connectivity index (χ1) is 16.1. The van der Waals surface area contributed by atoms with Crippen molar-refractivity contribution in [3.63, 3.8) is 0 Å². The van der Waals surface area contributed by atoms with Gasteiger partial charge in [-0.25, -0.2) is 0 Å². The molecule has 1 fully saturated rings. The molecule has 2 aliphatic rings. The standard InChI is InChI=1S/C27H27N3O2S/c1-20-7-5-10-22(19-20)28-14-16-29(17-15-28)25-24(23-11-6-18-33-23)26(31)30(27(25)32)13-12-21-8-3-2-4-9-21/h2-11,18-19H,12-17H2,1H3. The van der Waals surface area contributed by atoms with E-state index < -0.39 is 0 Å². The fraction of sp³-hybridized carbons (Fsp3) is 0.259. The highest BCUT2D eigenvalue weighted by Crippen LogP contribution is 2.34. The first-order valence-corrected chi connectivity index (χ1v) is 12.2. The number of amides is 2. The molecule has 5 rings (SSSR count). The Morgan fingerprint density at radius 2 is 1.58 bits per heavy atom. The predicted molar refractivity (Wildman–Crippen MR) is 133 cm³/mol. The van der Waals surface area contributed by atoms with Crippen molar-refractivity contribution >= 4 is 34.4 Å². The van der Waals surface area contributed by atoms with Crippen molar-refractivity contribution in [2.24, 2.45) is 0 Å². The van der Waals surface area contributed by atoms with Crippen LogP contribution in [0.1, 0.15) is 16.0 Å². The molecule has 168 valence electrons. The average Bonchev–Trinajstić information content (AvgIpc) is 3.45. The highest BCUT2D eigenvalue weighted by molar-refractivity contribution is 7.11. The van der Waals surface area contributed by atoms with Crippen molar-refractivity contribution in [2.75, 3.05) is 37.6 Å². The van der Waals surface area contributed by atoms with Crippen LogP contribution < -0.4 is 4.90 Å². The molecule has 33 heavy (non-hydrogen) atoms. The van der Waals surface area contributed by atoms with Crippen molar-refractivity contribution in [1.82, 2.24) is 9.80 Å². The fourth-order valence-electron chi connectivity index (χ4n) is 4.60. The van der Waals surface area contributed by atoms with Crippen LogP contribution in [-0.2, 0) is 16.0 Å². The maximum atomic E-state index is 13.5. The molecule has 0 bridgehead atoms. The molecule has 2 aromatic carbocycles. The van der Waals surface area contributed by atoms with Crippen LogP contribution in [-0.4, -0.2) is 54.3 Å². The van der Waals surface area contributed by atoms with Gasteiger partial charge in [-0.3, -0.25) is 14.5 Å². The Morgan fingerprint density at radius 3 is 2.27 bits per heavy atom. The van der Waals surface area contributed by atoms with Crippen LogP contribution in [0.15, 0.2) is 77.8 Å². The first kappa shape index (κ1) is 21.5. The number of anilines is 1.